The van der Waals surface area contributed by atoms with Crippen molar-refractivity contribution in [1.82, 2.24) is 5.32 Å². The first-order valence-corrected chi connectivity index (χ1v) is 6.76. The van der Waals surface area contributed by atoms with Gasteiger partial charge in [-0.2, -0.15) is 0 Å². The molecule has 0 aromatic heterocycles. The van der Waals surface area contributed by atoms with E-state index in [9.17, 15) is 0 Å². The van der Waals surface area contributed by atoms with Crippen molar-refractivity contribution in [2.75, 3.05) is 6.61 Å². The van der Waals surface area contributed by atoms with Crippen LogP contribution in [-0.4, -0.2) is 18.7 Å². The lowest BCUT2D eigenvalue weighted by molar-refractivity contribution is 0.189. The van der Waals surface area contributed by atoms with Gasteiger partial charge in [-0.15, -0.1) is 12.4 Å². The molecule has 0 saturated carbocycles. The quantitative estimate of drug-likeness (QED) is 0.907. The summed E-state index contributed by atoms with van der Waals surface area (Å²) in [6, 6.07) is 9.83. The Balaban J connectivity index is 0.00000120. The van der Waals surface area contributed by atoms with Crippen LogP contribution in [0, 0.1) is 12.8 Å². The highest BCUT2D eigenvalue weighted by atomic mass is 35.5. The number of hydrogen-bond donors (Lipinski definition) is 1. The van der Waals surface area contributed by atoms with Gasteiger partial charge in [0.15, 0.2) is 0 Å². The Morgan fingerprint density at radius 3 is 2.50 bits per heavy atom. The molecule has 2 nitrogen and oxygen atoms in total. The molecular weight excluding hydrogens is 246 g/mol. The number of halogens is 1. The summed E-state index contributed by atoms with van der Waals surface area (Å²) in [4.78, 5) is 0. The van der Waals surface area contributed by atoms with E-state index in [1.54, 1.807) is 0 Å². The molecule has 2 fully saturated rings. The van der Waals surface area contributed by atoms with Crippen molar-refractivity contribution in [3.8, 4) is 5.75 Å². The topological polar surface area (TPSA) is 21.3 Å². The minimum Gasteiger partial charge on any atom is -0.493 e. The normalized spacial score (nSPS) is 29.7. The van der Waals surface area contributed by atoms with Crippen LogP contribution in [0.1, 0.15) is 31.2 Å². The van der Waals surface area contributed by atoms with Crippen LogP contribution in [-0.2, 0) is 0 Å². The Bertz CT molecular complexity index is 384. The first kappa shape index (κ1) is 13.7. The second kappa shape index (κ2) is 5.94. The molecular formula is C15H22ClNO. The Morgan fingerprint density at radius 1 is 1.17 bits per heavy atom. The predicted octanol–water partition coefficient (Wildman–Crippen LogP) is 3.33. The molecule has 1 N–H and O–H groups in total. The summed E-state index contributed by atoms with van der Waals surface area (Å²) >= 11 is 0. The molecule has 1 aromatic rings. The largest absolute Gasteiger partial charge is 0.493 e. The summed E-state index contributed by atoms with van der Waals surface area (Å²) < 4.78 is 5.97. The Kier molecular flexibility index (Phi) is 4.52. The van der Waals surface area contributed by atoms with Gasteiger partial charge in [-0.25, -0.2) is 0 Å². The first-order chi connectivity index (χ1) is 8.31. The molecule has 2 saturated heterocycles. The van der Waals surface area contributed by atoms with Crippen molar-refractivity contribution in [2.24, 2.45) is 5.92 Å². The Labute approximate surface area is 116 Å². The Hall–Kier alpha value is -0.730. The van der Waals surface area contributed by atoms with Crippen molar-refractivity contribution >= 4 is 12.4 Å². The summed E-state index contributed by atoms with van der Waals surface area (Å²) in [6.45, 7) is 3.00. The van der Waals surface area contributed by atoms with E-state index in [0.717, 1.165) is 30.4 Å². The fourth-order valence-electron chi connectivity index (χ4n) is 3.24. The van der Waals surface area contributed by atoms with Crippen LogP contribution < -0.4 is 10.1 Å². The number of para-hydroxylation sites is 1. The molecule has 100 valence electrons. The zero-order chi connectivity index (χ0) is 11.7. The number of fused-ring (bicyclic) bond motifs is 2. The van der Waals surface area contributed by atoms with E-state index in [-0.39, 0.29) is 12.4 Å². The van der Waals surface area contributed by atoms with E-state index in [2.05, 4.69) is 36.5 Å². The molecule has 0 radical (unpaired) electrons. The number of rotatable bonds is 3. The van der Waals surface area contributed by atoms with Gasteiger partial charge in [0.05, 0.1) is 6.61 Å². The molecule has 2 atom stereocenters. The number of ether oxygens (including phenoxy) is 1. The molecule has 18 heavy (non-hydrogen) atoms. The number of piperidine rings is 1. The molecule has 2 heterocycles. The zero-order valence-corrected chi connectivity index (χ0v) is 11.7. The minimum atomic E-state index is 0. The molecule has 2 aliphatic rings. The van der Waals surface area contributed by atoms with Gasteiger partial charge in [0.25, 0.3) is 0 Å². The number of nitrogens with one attached hydrogen (secondary N) is 1. The zero-order valence-electron chi connectivity index (χ0n) is 10.9. The van der Waals surface area contributed by atoms with Gasteiger partial charge in [-0.05, 0) is 50.2 Å². The van der Waals surface area contributed by atoms with Crippen LogP contribution in [0.5, 0.6) is 5.75 Å². The molecule has 0 aliphatic carbocycles. The lowest BCUT2D eigenvalue weighted by atomic mass is 9.93. The van der Waals surface area contributed by atoms with Gasteiger partial charge in [0, 0.05) is 12.1 Å². The van der Waals surface area contributed by atoms with E-state index >= 15 is 0 Å². The second-order valence-electron chi connectivity index (χ2n) is 5.55. The minimum absolute atomic E-state index is 0. The number of aryl methyl sites for hydroxylation is 1. The van der Waals surface area contributed by atoms with Gasteiger partial charge >= 0.3 is 0 Å². The van der Waals surface area contributed by atoms with E-state index < -0.39 is 0 Å². The fourth-order valence-corrected chi connectivity index (χ4v) is 3.24. The molecule has 2 bridgehead atoms. The summed E-state index contributed by atoms with van der Waals surface area (Å²) in [5, 5.41) is 3.67. The van der Waals surface area contributed by atoms with Gasteiger partial charge in [-0.1, -0.05) is 18.2 Å². The average Bonchev–Trinajstić information content (AvgIpc) is 2.68. The highest BCUT2D eigenvalue weighted by Crippen LogP contribution is 2.31. The van der Waals surface area contributed by atoms with Crippen LogP contribution in [0.4, 0.5) is 0 Å². The van der Waals surface area contributed by atoms with Gasteiger partial charge in [-0.3, -0.25) is 0 Å². The number of benzene rings is 1. The number of hydrogen-bond acceptors (Lipinski definition) is 2. The van der Waals surface area contributed by atoms with Crippen LogP contribution in [0.25, 0.3) is 0 Å². The van der Waals surface area contributed by atoms with Crippen molar-refractivity contribution < 1.29 is 4.74 Å². The Morgan fingerprint density at radius 2 is 1.83 bits per heavy atom. The summed E-state index contributed by atoms with van der Waals surface area (Å²) in [6.07, 6.45) is 5.32. The summed E-state index contributed by atoms with van der Waals surface area (Å²) in [5.41, 5.74) is 1.24. The lowest BCUT2D eigenvalue weighted by Gasteiger charge is -2.29. The van der Waals surface area contributed by atoms with Gasteiger partial charge in [0.1, 0.15) is 5.75 Å². The molecule has 2 unspecified atom stereocenters. The fraction of sp³-hybridized carbons (Fsp3) is 0.600. The molecule has 0 amide bonds. The third kappa shape index (κ3) is 2.99. The van der Waals surface area contributed by atoms with E-state index in [1.807, 2.05) is 0 Å². The highest BCUT2D eigenvalue weighted by Gasteiger charge is 2.33. The van der Waals surface area contributed by atoms with Crippen LogP contribution in [0.15, 0.2) is 24.3 Å². The smallest absolute Gasteiger partial charge is 0.122 e. The molecule has 0 spiro atoms. The molecule has 2 aliphatic heterocycles. The second-order valence-corrected chi connectivity index (χ2v) is 5.55. The highest BCUT2D eigenvalue weighted by molar-refractivity contribution is 5.85. The molecule has 3 heteroatoms. The van der Waals surface area contributed by atoms with Crippen molar-refractivity contribution in [3.63, 3.8) is 0 Å². The molecule has 3 rings (SSSR count). The van der Waals surface area contributed by atoms with E-state index in [4.69, 9.17) is 4.74 Å². The van der Waals surface area contributed by atoms with Gasteiger partial charge in [0.2, 0.25) is 0 Å². The standard InChI is InChI=1S/C15H21NO.ClH/c1-11-4-2-3-5-15(11)17-10-12-8-13-6-7-14(9-12)16-13;/h2-5,12-14,16H,6-10H2,1H3;1H. The van der Waals surface area contributed by atoms with Crippen molar-refractivity contribution in [2.45, 2.75) is 44.7 Å². The third-order valence-corrected chi connectivity index (χ3v) is 4.14. The maximum atomic E-state index is 5.97. The lowest BCUT2D eigenvalue weighted by Crippen LogP contribution is -2.39. The van der Waals surface area contributed by atoms with Crippen molar-refractivity contribution in [1.29, 1.82) is 0 Å². The van der Waals surface area contributed by atoms with Crippen LogP contribution in [0.3, 0.4) is 0 Å². The monoisotopic (exact) mass is 267 g/mol. The van der Waals surface area contributed by atoms with Gasteiger partial charge < -0.3 is 10.1 Å². The maximum Gasteiger partial charge on any atom is 0.122 e. The summed E-state index contributed by atoms with van der Waals surface area (Å²) in [5.74, 6) is 1.80. The maximum absolute atomic E-state index is 5.97. The predicted molar refractivity (Wildman–Crippen MR) is 76.6 cm³/mol. The molecule has 1 aromatic carbocycles. The van der Waals surface area contributed by atoms with E-state index in [1.165, 1.54) is 31.2 Å². The van der Waals surface area contributed by atoms with Crippen LogP contribution >= 0.6 is 12.4 Å². The average molecular weight is 268 g/mol. The third-order valence-electron chi connectivity index (χ3n) is 4.14. The SMILES string of the molecule is Cc1ccccc1OCC1CC2CCC(C1)N2.Cl. The van der Waals surface area contributed by atoms with Crippen LogP contribution in [0.2, 0.25) is 0 Å². The summed E-state index contributed by atoms with van der Waals surface area (Å²) in [7, 11) is 0. The first-order valence-electron chi connectivity index (χ1n) is 6.76. The van der Waals surface area contributed by atoms with E-state index in [0.29, 0.717) is 0 Å². The van der Waals surface area contributed by atoms with Crippen molar-refractivity contribution in [3.05, 3.63) is 29.8 Å².